The number of carbonyl (C=O) groups excluding carboxylic acids is 1. The highest BCUT2D eigenvalue weighted by Gasteiger charge is 2.26. The number of aliphatic hydroxyl groups excluding tert-OH is 1. The predicted molar refractivity (Wildman–Crippen MR) is 105 cm³/mol. The van der Waals surface area contributed by atoms with Gasteiger partial charge in [0.1, 0.15) is 12.8 Å². The van der Waals surface area contributed by atoms with Crippen LogP contribution in [0.25, 0.3) is 11.1 Å². The number of aliphatic hydroxyl groups is 1. The van der Waals surface area contributed by atoms with E-state index < -0.39 is 41.2 Å². The van der Waals surface area contributed by atoms with Crippen LogP contribution < -0.4 is 10.0 Å². The molecule has 0 radical (unpaired) electrons. The van der Waals surface area contributed by atoms with Crippen LogP contribution in [0.1, 0.15) is 24.3 Å². The minimum Gasteiger partial charge on any atom is -0.386 e. The molecule has 1 amide bonds. The molecule has 164 valence electrons. The van der Waals surface area contributed by atoms with Crippen LogP contribution in [0.5, 0.6) is 0 Å². The van der Waals surface area contributed by atoms with E-state index >= 15 is 0 Å². The van der Waals surface area contributed by atoms with Gasteiger partial charge in [0.05, 0.1) is 24.0 Å². The Morgan fingerprint density at radius 2 is 1.77 bits per heavy atom. The summed E-state index contributed by atoms with van der Waals surface area (Å²) >= 11 is 0. The Hall–Kier alpha value is -2.50. The van der Waals surface area contributed by atoms with Gasteiger partial charge in [-0.25, -0.2) is 17.5 Å². The summed E-state index contributed by atoms with van der Waals surface area (Å²) in [5, 5.41) is 12.0. The van der Waals surface area contributed by atoms with Crippen molar-refractivity contribution in [2.45, 2.75) is 32.0 Å². The van der Waals surface area contributed by atoms with Crippen LogP contribution in [-0.2, 0) is 21.4 Å². The Labute approximate surface area is 172 Å². The largest absolute Gasteiger partial charge is 0.386 e. The highest BCUT2D eigenvalue weighted by Crippen LogP contribution is 2.23. The van der Waals surface area contributed by atoms with Crippen LogP contribution in [-0.4, -0.2) is 49.3 Å². The summed E-state index contributed by atoms with van der Waals surface area (Å²) in [6, 6.07) is 8.13. The third kappa shape index (κ3) is 6.51. The van der Waals surface area contributed by atoms with E-state index in [2.05, 4.69) is 9.71 Å². The molecular weight excluding hydrogens is 423 g/mol. The summed E-state index contributed by atoms with van der Waals surface area (Å²) in [6.45, 7) is 0.382. The molecule has 2 unspecified atom stereocenters. The first-order chi connectivity index (χ1) is 14.2. The first-order valence-electron chi connectivity index (χ1n) is 9.02. The fourth-order valence-electron chi connectivity index (χ4n) is 2.54. The smallest absolute Gasteiger partial charge is 0.315 e. The molecule has 2 atom stereocenters. The van der Waals surface area contributed by atoms with E-state index in [1.807, 2.05) is 0 Å². The lowest BCUT2D eigenvalue weighted by molar-refractivity contribution is -0.133. The number of alkyl halides is 3. The van der Waals surface area contributed by atoms with Crippen molar-refractivity contribution in [2.75, 3.05) is 12.4 Å². The second kappa shape index (κ2) is 10.5. The second-order valence-electron chi connectivity index (χ2n) is 6.40. The van der Waals surface area contributed by atoms with Crippen LogP contribution in [0, 0.1) is 0 Å². The van der Waals surface area contributed by atoms with Crippen molar-refractivity contribution in [2.24, 2.45) is 0 Å². The number of nitrogens with one attached hydrogen (secondary N) is 2. The normalized spacial score (nSPS) is 13.8. The maximum absolute atomic E-state index is 13.1. The molecule has 11 heteroatoms. The van der Waals surface area contributed by atoms with Gasteiger partial charge in [-0.15, -0.1) is 0 Å². The Morgan fingerprint density at radius 1 is 1.13 bits per heavy atom. The molecular formula is C19H22F3N3O4S. The van der Waals surface area contributed by atoms with Gasteiger partial charge in [-0.2, -0.15) is 8.78 Å². The molecule has 2 rings (SSSR count). The van der Waals surface area contributed by atoms with Gasteiger partial charge in [0.15, 0.2) is 0 Å². The molecule has 0 spiro atoms. The maximum atomic E-state index is 13.1. The minimum absolute atomic E-state index is 0.0294. The Kier molecular flexibility index (Phi) is 8.33. The molecule has 0 bridgehead atoms. The molecule has 1 aromatic heterocycles. The van der Waals surface area contributed by atoms with E-state index in [4.69, 9.17) is 0 Å². The van der Waals surface area contributed by atoms with Gasteiger partial charge >= 0.3 is 6.43 Å². The number of carbonyl (C=O) groups is 1. The zero-order valence-electron chi connectivity index (χ0n) is 16.1. The second-order valence-corrected chi connectivity index (χ2v) is 8.50. The summed E-state index contributed by atoms with van der Waals surface area (Å²) in [5.41, 5.74) is 2.21. The maximum Gasteiger partial charge on any atom is 0.315 e. The van der Waals surface area contributed by atoms with Crippen LogP contribution in [0.2, 0.25) is 0 Å². The third-order valence-electron chi connectivity index (χ3n) is 4.34. The van der Waals surface area contributed by atoms with Crippen molar-refractivity contribution < 1.29 is 31.5 Å². The lowest BCUT2D eigenvalue weighted by atomic mass is 9.99. The van der Waals surface area contributed by atoms with Gasteiger partial charge in [-0.3, -0.25) is 9.78 Å². The van der Waals surface area contributed by atoms with Gasteiger partial charge in [0.25, 0.3) is 5.91 Å². The molecule has 1 aromatic carbocycles. The summed E-state index contributed by atoms with van der Waals surface area (Å²) in [6.07, 6.45) is -3.26. The number of hydrogen-bond donors (Lipinski definition) is 3. The SMILES string of the molecule is CCS(=O)(=O)NCc1ccc(-c2ccc(C(O)C(CF)NC(=O)C(F)F)cc2)cn1. The first kappa shape index (κ1) is 23.8. The van der Waals surface area contributed by atoms with E-state index in [9.17, 15) is 31.5 Å². The van der Waals surface area contributed by atoms with Gasteiger partial charge < -0.3 is 10.4 Å². The molecule has 1 heterocycles. The number of amides is 1. The minimum atomic E-state index is -3.32. The lowest BCUT2D eigenvalue weighted by Gasteiger charge is -2.22. The van der Waals surface area contributed by atoms with Gasteiger partial charge in [0.2, 0.25) is 10.0 Å². The number of sulfonamides is 1. The van der Waals surface area contributed by atoms with E-state index in [0.29, 0.717) is 16.8 Å². The molecule has 0 aliphatic rings. The predicted octanol–water partition coefficient (Wildman–Crippen LogP) is 1.94. The summed E-state index contributed by atoms with van der Waals surface area (Å²) in [7, 11) is -3.32. The van der Waals surface area contributed by atoms with Crippen molar-refractivity contribution in [3.63, 3.8) is 0 Å². The van der Waals surface area contributed by atoms with Crippen molar-refractivity contribution in [3.8, 4) is 11.1 Å². The Morgan fingerprint density at radius 3 is 2.27 bits per heavy atom. The van der Waals surface area contributed by atoms with Crippen molar-refractivity contribution in [1.82, 2.24) is 15.0 Å². The third-order valence-corrected chi connectivity index (χ3v) is 5.68. The van der Waals surface area contributed by atoms with E-state index in [1.165, 1.54) is 19.1 Å². The number of benzene rings is 1. The summed E-state index contributed by atoms with van der Waals surface area (Å²) < 4.78 is 63.1. The Bertz CT molecular complexity index is 939. The molecule has 0 saturated carbocycles. The zero-order chi connectivity index (χ0) is 22.3. The quantitative estimate of drug-likeness (QED) is 0.518. The topological polar surface area (TPSA) is 108 Å². The summed E-state index contributed by atoms with van der Waals surface area (Å²) in [4.78, 5) is 15.2. The van der Waals surface area contributed by atoms with E-state index in [0.717, 1.165) is 0 Å². The fraction of sp³-hybridized carbons (Fsp3) is 0.368. The number of hydrogen-bond acceptors (Lipinski definition) is 5. The number of rotatable bonds is 10. The number of pyridine rings is 1. The number of nitrogens with zero attached hydrogens (tertiary/aromatic N) is 1. The molecule has 0 saturated heterocycles. The molecule has 7 nitrogen and oxygen atoms in total. The van der Waals surface area contributed by atoms with Gasteiger partial charge in [-0.05, 0) is 24.1 Å². The highest BCUT2D eigenvalue weighted by molar-refractivity contribution is 7.89. The first-order valence-corrected chi connectivity index (χ1v) is 10.7. The highest BCUT2D eigenvalue weighted by atomic mass is 32.2. The molecule has 0 aliphatic heterocycles. The van der Waals surface area contributed by atoms with Crippen molar-refractivity contribution >= 4 is 15.9 Å². The van der Waals surface area contributed by atoms with Crippen molar-refractivity contribution in [1.29, 1.82) is 0 Å². The average Bonchev–Trinajstić information content (AvgIpc) is 2.76. The molecule has 0 fully saturated rings. The molecule has 3 N–H and O–H groups in total. The van der Waals surface area contributed by atoms with Crippen LogP contribution in [0.15, 0.2) is 42.6 Å². The van der Waals surface area contributed by atoms with Crippen LogP contribution in [0.4, 0.5) is 13.2 Å². The molecule has 2 aromatic rings. The average molecular weight is 445 g/mol. The molecule has 0 aliphatic carbocycles. The zero-order valence-corrected chi connectivity index (χ0v) is 16.9. The fourth-order valence-corrected chi connectivity index (χ4v) is 3.11. The van der Waals surface area contributed by atoms with Gasteiger partial charge in [-0.1, -0.05) is 30.3 Å². The standard InChI is InChI=1S/C19H22F3N3O4S/c1-2-30(28,29)24-11-15-8-7-14(10-23-15)12-3-5-13(6-4-12)17(26)16(9-20)25-19(27)18(21)22/h3-8,10,16-18,24,26H,2,9,11H2,1H3,(H,25,27). The van der Waals surface area contributed by atoms with Gasteiger partial charge in [0, 0.05) is 11.8 Å². The van der Waals surface area contributed by atoms with Crippen LogP contribution in [0.3, 0.4) is 0 Å². The molecule has 30 heavy (non-hydrogen) atoms. The number of halogens is 3. The summed E-state index contributed by atoms with van der Waals surface area (Å²) in [5.74, 6) is -1.68. The number of aromatic nitrogens is 1. The van der Waals surface area contributed by atoms with Crippen molar-refractivity contribution in [3.05, 3.63) is 53.9 Å². The van der Waals surface area contributed by atoms with E-state index in [-0.39, 0.29) is 17.9 Å². The Balaban J connectivity index is 2.06. The van der Waals surface area contributed by atoms with Crippen LogP contribution >= 0.6 is 0 Å². The monoisotopic (exact) mass is 445 g/mol. The van der Waals surface area contributed by atoms with E-state index in [1.54, 1.807) is 35.8 Å². The lowest BCUT2D eigenvalue weighted by Crippen LogP contribution is -2.43.